The molecule has 0 aliphatic carbocycles. The minimum absolute atomic E-state index is 0.0757. The summed E-state index contributed by atoms with van der Waals surface area (Å²) in [5.41, 5.74) is -0.0757. The molecule has 0 unspecified atom stereocenters. The summed E-state index contributed by atoms with van der Waals surface area (Å²) in [5.74, 6) is 0.296. The van der Waals surface area contributed by atoms with E-state index < -0.39 is 0 Å². The largest absolute Gasteiger partial charge is 0.356 e. The molecule has 1 saturated heterocycles. The van der Waals surface area contributed by atoms with Crippen LogP contribution in [0.4, 0.5) is 0 Å². The summed E-state index contributed by atoms with van der Waals surface area (Å²) in [6.45, 7) is 7.14. The molecule has 3 nitrogen and oxygen atoms in total. The zero-order chi connectivity index (χ0) is 11.9. The molecule has 0 aromatic heterocycles. The number of hydrogen-bond donors (Lipinski definition) is 2. The van der Waals surface area contributed by atoms with Gasteiger partial charge in [0.2, 0.25) is 5.91 Å². The first-order valence-electron chi connectivity index (χ1n) is 6.74. The summed E-state index contributed by atoms with van der Waals surface area (Å²) in [6.07, 6.45) is 6.36. The van der Waals surface area contributed by atoms with E-state index in [-0.39, 0.29) is 5.41 Å². The molecule has 1 heterocycles. The normalized spacial score (nSPS) is 19.4. The van der Waals surface area contributed by atoms with Gasteiger partial charge in [-0.1, -0.05) is 26.7 Å². The van der Waals surface area contributed by atoms with E-state index in [1.54, 1.807) is 0 Å². The van der Waals surface area contributed by atoms with Gasteiger partial charge in [-0.2, -0.15) is 0 Å². The van der Waals surface area contributed by atoms with Crippen LogP contribution in [-0.4, -0.2) is 25.5 Å². The Kier molecular flexibility index (Phi) is 5.81. The molecule has 1 rings (SSSR count). The van der Waals surface area contributed by atoms with Crippen LogP contribution in [0.3, 0.4) is 0 Å². The van der Waals surface area contributed by atoms with Crippen LogP contribution in [0.15, 0.2) is 0 Å². The average Bonchev–Trinajstić information content (AvgIpc) is 2.31. The van der Waals surface area contributed by atoms with Crippen molar-refractivity contribution in [3.8, 4) is 0 Å². The van der Waals surface area contributed by atoms with Crippen molar-refractivity contribution in [1.29, 1.82) is 0 Å². The Labute approximate surface area is 99.4 Å². The zero-order valence-electron chi connectivity index (χ0n) is 10.8. The Bertz CT molecular complexity index is 204. The molecule has 0 bridgehead atoms. The fourth-order valence-corrected chi connectivity index (χ4v) is 2.54. The number of piperidine rings is 1. The maximum absolute atomic E-state index is 12.2. The standard InChI is InChI=1S/C13H26N2O/c1-3-5-9-15-12(16)13(6-4-2)7-10-14-11-8-13/h14H,3-11H2,1-2H3,(H,15,16). The molecule has 1 amide bonds. The number of carbonyl (C=O) groups is 1. The molecule has 0 saturated carbocycles. The Morgan fingerprint density at radius 1 is 1.25 bits per heavy atom. The van der Waals surface area contributed by atoms with Crippen molar-refractivity contribution in [2.24, 2.45) is 5.41 Å². The first kappa shape index (κ1) is 13.5. The summed E-state index contributed by atoms with van der Waals surface area (Å²) in [5, 5.41) is 6.45. The molecule has 3 heteroatoms. The Morgan fingerprint density at radius 3 is 2.50 bits per heavy atom. The Morgan fingerprint density at radius 2 is 1.94 bits per heavy atom. The Hall–Kier alpha value is -0.570. The fourth-order valence-electron chi connectivity index (χ4n) is 2.54. The highest BCUT2D eigenvalue weighted by Gasteiger charge is 2.38. The summed E-state index contributed by atoms with van der Waals surface area (Å²) >= 11 is 0. The van der Waals surface area contributed by atoms with Crippen LogP contribution in [0.5, 0.6) is 0 Å². The fraction of sp³-hybridized carbons (Fsp3) is 0.923. The van der Waals surface area contributed by atoms with Crippen molar-refractivity contribution in [1.82, 2.24) is 10.6 Å². The third-order valence-corrected chi connectivity index (χ3v) is 3.59. The lowest BCUT2D eigenvalue weighted by Crippen LogP contribution is -2.47. The van der Waals surface area contributed by atoms with Crippen molar-refractivity contribution < 1.29 is 4.79 Å². The van der Waals surface area contributed by atoms with Gasteiger partial charge in [0.1, 0.15) is 0 Å². The van der Waals surface area contributed by atoms with Gasteiger partial charge in [0, 0.05) is 6.54 Å². The van der Waals surface area contributed by atoms with Gasteiger partial charge >= 0.3 is 0 Å². The van der Waals surface area contributed by atoms with Gasteiger partial charge < -0.3 is 10.6 Å². The van der Waals surface area contributed by atoms with Gasteiger partial charge in [-0.05, 0) is 38.8 Å². The predicted octanol–water partition coefficient (Wildman–Crippen LogP) is 2.07. The number of rotatable bonds is 6. The van der Waals surface area contributed by atoms with Crippen LogP contribution in [-0.2, 0) is 4.79 Å². The molecule has 0 spiro atoms. The topological polar surface area (TPSA) is 41.1 Å². The summed E-state index contributed by atoms with van der Waals surface area (Å²) in [7, 11) is 0. The van der Waals surface area contributed by atoms with E-state index in [2.05, 4.69) is 24.5 Å². The highest BCUT2D eigenvalue weighted by atomic mass is 16.2. The molecule has 1 aliphatic rings. The van der Waals surface area contributed by atoms with Crippen LogP contribution in [0.1, 0.15) is 52.4 Å². The van der Waals surface area contributed by atoms with Gasteiger partial charge in [-0.3, -0.25) is 4.79 Å². The maximum atomic E-state index is 12.2. The van der Waals surface area contributed by atoms with E-state index >= 15 is 0 Å². The summed E-state index contributed by atoms with van der Waals surface area (Å²) < 4.78 is 0. The Balaban J connectivity index is 2.50. The van der Waals surface area contributed by atoms with E-state index in [0.29, 0.717) is 5.91 Å². The molecule has 0 atom stereocenters. The lowest BCUT2D eigenvalue weighted by Gasteiger charge is -2.36. The molecule has 0 aromatic carbocycles. The van der Waals surface area contributed by atoms with Crippen molar-refractivity contribution in [2.75, 3.05) is 19.6 Å². The highest BCUT2D eigenvalue weighted by Crippen LogP contribution is 2.34. The van der Waals surface area contributed by atoms with Crippen LogP contribution < -0.4 is 10.6 Å². The molecule has 94 valence electrons. The number of carbonyl (C=O) groups excluding carboxylic acids is 1. The van der Waals surface area contributed by atoms with Crippen LogP contribution in [0.25, 0.3) is 0 Å². The van der Waals surface area contributed by atoms with Crippen molar-refractivity contribution in [3.05, 3.63) is 0 Å². The molecular formula is C13H26N2O. The third kappa shape index (κ3) is 3.48. The lowest BCUT2D eigenvalue weighted by atomic mass is 9.74. The van der Waals surface area contributed by atoms with Gasteiger partial charge in [-0.15, -0.1) is 0 Å². The van der Waals surface area contributed by atoms with Gasteiger partial charge in [0.25, 0.3) is 0 Å². The minimum Gasteiger partial charge on any atom is -0.356 e. The number of hydrogen-bond acceptors (Lipinski definition) is 2. The van der Waals surface area contributed by atoms with E-state index in [0.717, 1.165) is 58.2 Å². The summed E-state index contributed by atoms with van der Waals surface area (Å²) in [4.78, 5) is 12.2. The predicted molar refractivity (Wildman–Crippen MR) is 67.4 cm³/mol. The third-order valence-electron chi connectivity index (χ3n) is 3.59. The van der Waals surface area contributed by atoms with Crippen LogP contribution in [0, 0.1) is 5.41 Å². The average molecular weight is 226 g/mol. The zero-order valence-corrected chi connectivity index (χ0v) is 10.8. The van der Waals surface area contributed by atoms with Crippen LogP contribution in [0.2, 0.25) is 0 Å². The number of nitrogens with one attached hydrogen (secondary N) is 2. The monoisotopic (exact) mass is 226 g/mol. The summed E-state index contributed by atoms with van der Waals surface area (Å²) in [6, 6.07) is 0. The smallest absolute Gasteiger partial charge is 0.226 e. The van der Waals surface area contributed by atoms with E-state index in [1.807, 2.05) is 0 Å². The second-order valence-corrected chi connectivity index (χ2v) is 4.89. The van der Waals surface area contributed by atoms with Gasteiger partial charge in [0.05, 0.1) is 5.41 Å². The molecule has 16 heavy (non-hydrogen) atoms. The molecule has 1 fully saturated rings. The second kappa shape index (κ2) is 6.89. The lowest BCUT2D eigenvalue weighted by molar-refractivity contribution is -0.133. The van der Waals surface area contributed by atoms with Crippen molar-refractivity contribution in [3.63, 3.8) is 0 Å². The highest BCUT2D eigenvalue weighted by molar-refractivity contribution is 5.82. The first-order chi connectivity index (χ1) is 7.75. The first-order valence-corrected chi connectivity index (χ1v) is 6.74. The quantitative estimate of drug-likeness (QED) is 0.681. The van der Waals surface area contributed by atoms with Crippen LogP contribution >= 0.6 is 0 Å². The number of amides is 1. The van der Waals surface area contributed by atoms with Crippen molar-refractivity contribution in [2.45, 2.75) is 52.4 Å². The molecule has 1 aliphatic heterocycles. The molecular weight excluding hydrogens is 200 g/mol. The van der Waals surface area contributed by atoms with Crippen molar-refractivity contribution >= 4 is 5.91 Å². The van der Waals surface area contributed by atoms with Gasteiger partial charge in [0.15, 0.2) is 0 Å². The van der Waals surface area contributed by atoms with E-state index in [9.17, 15) is 4.79 Å². The molecule has 0 aromatic rings. The van der Waals surface area contributed by atoms with E-state index in [1.165, 1.54) is 0 Å². The SMILES string of the molecule is CCCCNC(=O)C1(CCC)CCNCC1. The minimum atomic E-state index is -0.0757. The molecule has 0 radical (unpaired) electrons. The second-order valence-electron chi connectivity index (χ2n) is 4.89. The number of unbranched alkanes of at least 4 members (excludes halogenated alkanes) is 1. The maximum Gasteiger partial charge on any atom is 0.226 e. The van der Waals surface area contributed by atoms with E-state index in [4.69, 9.17) is 0 Å². The molecule has 2 N–H and O–H groups in total. The van der Waals surface area contributed by atoms with Gasteiger partial charge in [-0.25, -0.2) is 0 Å².